The van der Waals surface area contributed by atoms with Crippen molar-refractivity contribution >= 4 is 17.5 Å². The zero-order valence-corrected chi connectivity index (χ0v) is 14.3. The fourth-order valence-electron chi connectivity index (χ4n) is 3.26. The van der Waals surface area contributed by atoms with E-state index in [0.29, 0.717) is 13.2 Å². The summed E-state index contributed by atoms with van der Waals surface area (Å²) in [5.41, 5.74) is 1.59. The third kappa shape index (κ3) is 4.00. The lowest BCUT2D eigenvalue weighted by atomic mass is 9.98. The highest BCUT2D eigenvalue weighted by atomic mass is 16.5. The number of aliphatic hydroxyl groups is 1. The maximum atomic E-state index is 12.3. The van der Waals surface area contributed by atoms with E-state index in [2.05, 4.69) is 5.32 Å². The summed E-state index contributed by atoms with van der Waals surface area (Å²) in [6.07, 6.45) is 1.12. The molecular weight excluding hydrogens is 324 g/mol. The highest BCUT2D eigenvalue weighted by Gasteiger charge is 2.35. The number of amides is 2. The van der Waals surface area contributed by atoms with E-state index in [0.717, 1.165) is 24.1 Å². The minimum Gasteiger partial charge on any atom is -0.394 e. The van der Waals surface area contributed by atoms with Crippen LogP contribution in [0.2, 0.25) is 0 Å². The summed E-state index contributed by atoms with van der Waals surface area (Å²) in [6.45, 7) is 1.09. The number of aliphatic hydroxyl groups excluding tert-OH is 1. The SMILES string of the molecule is CN1C(=O)CO[C@H](c2ccc(NC(=O)C3CCOCC3)cc2)[C@H]1CO. The van der Waals surface area contributed by atoms with Gasteiger partial charge < -0.3 is 24.8 Å². The molecule has 7 nitrogen and oxygen atoms in total. The fourth-order valence-corrected chi connectivity index (χ4v) is 3.26. The van der Waals surface area contributed by atoms with Crippen LogP contribution in [-0.4, -0.2) is 61.3 Å². The molecule has 25 heavy (non-hydrogen) atoms. The Bertz CT molecular complexity index is 612. The monoisotopic (exact) mass is 348 g/mol. The van der Waals surface area contributed by atoms with Gasteiger partial charge in [0.25, 0.3) is 0 Å². The van der Waals surface area contributed by atoms with Crippen molar-refractivity contribution in [1.29, 1.82) is 0 Å². The van der Waals surface area contributed by atoms with Crippen LogP contribution in [0.25, 0.3) is 0 Å². The van der Waals surface area contributed by atoms with Gasteiger partial charge in [0.05, 0.1) is 12.6 Å². The smallest absolute Gasteiger partial charge is 0.248 e. The number of nitrogens with one attached hydrogen (secondary N) is 1. The van der Waals surface area contributed by atoms with Gasteiger partial charge in [0.2, 0.25) is 11.8 Å². The zero-order valence-electron chi connectivity index (χ0n) is 14.3. The average Bonchev–Trinajstić information content (AvgIpc) is 2.65. The van der Waals surface area contributed by atoms with Crippen molar-refractivity contribution in [2.24, 2.45) is 5.92 Å². The highest BCUT2D eigenvalue weighted by Crippen LogP contribution is 2.29. The third-order valence-corrected chi connectivity index (χ3v) is 4.91. The van der Waals surface area contributed by atoms with Crippen LogP contribution in [0.4, 0.5) is 5.69 Å². The predicted molar refractivity (Wildman–Crippen MR) is 91.0 cm³/mol. The molecule has 1 aromatic rings. The van der Waals surface area contributed by atoms with E-state index >= 15 is 0 Å². The van der Waals surface area contributed by atoms with Crippen molar-refractivity contribution in [2.75, 3.05) is 38.8 Å². The molecule has 2 heterocycles. The number of likely N-dealkylation sites (N-methyl/N-ethyl adjacent to an activating group) is 1. The summed E-state index contributed by atoms with van der Waals surface area (Å²) in [5, 5.41) is 12.5. The summed E-state index contributed by atoms with van der Waals surface area (Å²) >= 11 is 0. The molecule has 0 unspecified atom stereocenters. The molecule has 0 bridgehead atoms. The molecule has 2 atom stereocenters. The Hall–Kier alpha value is -1.96. The molecule has 0 spiro atoms. The number of ether oxygens (including phenoxy) is 2. The van der Waals surface area contributed by atoms with Crippen LogP contribution in [0.15, 0.2) is 24.3 Å². The molecule has 2 fully saturated rings. The maximum Gasteiger partial charge on any atom is 0.248 e. The molecule has 0 aliphatic carbocycles. The number of anilines is 1. The molecule has 1 aromatic carbocycles. The predicted octanol–water partition coefficient (Wildman–Crippen LogP) is 0.942. The molecule has 0 saturated carbocycles. The van der Waals surface area contributed by atoms with Gasteiger partial charge in [-0.1, -0.05) is 12.1 Å². The first-order chi connectivity index (χ1) is 12.1. The molecule has 3 rings (SSSR count). The molecule has 0 radical (unpaired) electrons. The summed E-state index contributed by atoms with van der Waals surface area (Å²) in [4.78, 5) is 25.5. The minimum absolute atomic E-state index is 0.0000942. The zero-order chi connectivity index (χ0) is 17.8. The van der Waals surface area contributed by atoms with E-state index in [1.807, 2.05) is 24.3 Å². The molecule has 2 N–H and O–H groups in total. The summed E-state index contributed by atoms with van der Waals surface area (Å²) < 4.78 is 10.9. The third-order valence-electron chi connectivity index (χ3n) is 4.91. The number of hydrogen-bond acceptors (Lipinski definition) is 5. The fraction of sp³-hybridized carbons (Fsp3) is 0.556. The first-order valence-electron chi connectivity index (χ1n) is 8.57. The largest absolute Gasteiger partial charge is 0.394 e. The van der Waals surface area contributed by atoms with Gasteiger partial charge in [0.1, 0.15) is 12.7 Å². The van der Waals surface area contributed by atoms with Crippen molar-refractivity contribution in [3.8, 4) is 0 Å². The molecule has 2 aliphatic rings. The first-order valence-corrected chi connectivity index (χ1v) is 8.57. The van der Waals surface area contributed by atoms with Crippen molar-refractivity contribution in [1.82, 2.24) is 4.90 Å². The molecule has 2 aliphatic heterocycles. The van der Waals surface area contributed by atoms with Gasteiger partial charge in [0, 0.05) is 31.9 Å². The lowest BCUT2D eigenvalue weighted by Gasteiger charge is -2.38. The minimum atomic E-state index is -0.413. The second-order valence-corrected chi connectivity index (χ2v) is 6.48. The molecule has 2 saturated heterocycles. The van der Waals surface area contributed by atoms with Crippen LogP contribution >= 0.6 is 0 Å². The highest BCUT2D eigenvalue weighted by molar-refractivity contribution is 5.92. The molecule has 136 valence electrons. The summed E-state index contributed by atoms with van der Waals surface area (Å²) in [7, 11) is 1.67. The lowest BCUT2D eigenvalue weighted by Crippen LogP contribution is -2.50. The Labute approximate surface area is 146 Å². The van der Waals surface area contributed by atoms with E-state index in [1.54, 1.807) is 7.05 Å². The van der Waals surface area contributed by atoms with Crippen LogP contribution in [0.5, 0.6) is 0 Å². The van der Waals surface area contributed by atoms with Crippen molar-refractivity contribution < 1.29 is 24.2 Å². The van der Waals surface area contributed by atoms with E-state index < -0.39 is 6.04 Å². The van der Waals surface area contributed by atoms with Gasteiger partial charge in [-0.25, -0.2) is 0 Å². The number of rotatable bonds is 4. The number of nitrogens with zero attached hydrogens (tertiary/aromatic N) is 1. The number of carbonyl (C=O) groups is 2. The van der Waals surface area contributed by atoms with Gasteiger partial charge in [-0.05, 0) is 30.5 Å². The second kappa shape index (κ2) is 7.95. The molecular formula is C18H24N2O5. The molecule has 7 heteroatoms. The van der Waals surface area contributed by atoms with Crippen LogP contribution < -0.4 is 5.32 Å². The average molecular weight is 348 g/mol. The first kappa shape index (κ1) is 17.8. The van der Waals surface area contributed by atoms with Crippen LogP contribution in [0.3, 0.4) is 0 Å². The van der Waals surface area contributed by atoms with Gasteiger partial charge >= 0.3 is 0 Å². The Morgan fingerprint density at radius 1 is 1.28 bits per heavy atom. The Balaban J connectivity index is 1.65. The van der Waals surface area contributed by atoms with Crippen LogP contribution in [0, 0.1) is 5.92 Å². The molecule has 2 amide bonds. The van der Waals surface area contributed by atoms with E-state index in [9.17, 15) is 14.7 Å². The quantitative estimate of drug-likeness (QED) is 0.846. The van der Waals surface area contributed by atoms with Crippen LogP contribution in [0.1, 0.15) is 24.5 Å². The van der Waals surface area contributed by atoms with E-state index in [4.69, 9.17) is 9.47 Å². The topological polar surface area (TPSA) is 88.1 Å². The number of benzene rings is 1. The normalized spacial score (nSPS) is 25.0. The Kier molecular flexibility index (Phi) is 5.67. The van der Waals surface area contributed by atoms with Crippen molar-refractivity contribution in [2.45, 2.75) is 25.0 Å². The lowest BCUT2D eigenvalue weighted by molar-refractivity contribution is -0.157. The van der Waals surface area contributed by atoms with E-state index in [1.165, 1.54) is 4.90 Å². The van der Waals surface area contributed by atoms with Gasteiger partial charge in [-0.3, -0.25) is 9.59 Å². The standard InChI is InChI=1S/C18H24N2O5/c1-20-15(10-21)17(25-11-16(20)22)12-2-4-14(5-3-12)19-18(23)13-6-8-24-9-7-13/h2-5,13,15,17,21H,6-11H2,1H3,(H,19,23)/t15-,17-/m1/s1. The second-order valence-electron chi connectivity index (χ2n) is 6.48. The Morgan fingerprint density at radius 2 is 1.96 bits per heavy atom. The van der Waals surface area contributed by atoms with Crippen molar-refractivity contribution in [3.63, 3.8) is 0 Å². The number of carbonyl (C=O) groups excluding carboxylic acids is 2. The maximum absolute atomic E-state index is 12.3. The van der Waals surface area contributed by atoms with Gasteiger partial charge in [-0.15, -0.1) is 0 Å². The van der Waals surface area contributed by atoms with Crippen molar-refractivity contribution in [3.05, 3.63) is 29.8 Å². The van der Waals surface area contributed by atoms with Gasteiger partial charge in [0.15, 0.2) is 0 Å². The summed E-state index contributed by atoms with van der Waals surface area (Å²) in [5.74, 6) is -0.132. The van der Waals surface area contributed by atoms with E-state index in [-0.39, 0.29) is 37.0 Å². The molecule has 0 aromatic heterocycles. The summed E-state index contributed by atoms with van der Waals surface area (Å²) in [6, 6.07) is 6.94. The number of morpholine rings is 1. The number of hydrogen-bond donors (Lipinski definition) is 2. The Morgan fingerprint density at radius 3 is 2.60 bits per heavy atom. The van der Waals surface area contributed by atoms with Gasteiger partial charge in [-0.2, -0.15) is 0 Å². The van der Waals surface area contributed by atoms with Crippen LogP contribution in [-0.2, 0) is 19.1 Å².